The second kappa shape index (κ2) is 7.51. The minimum Gasteiger partial charge on any atom is -0.496 e. The zero-order chi connectivity index (χ0) is 14.3. The molecule has 0 bridgehead atoms. The first-order valence-corrected chi connectivity index (χ1v) is 6.26. The van der Waals surface area contributed by atoms with Gasteiger partial charge in [-0.25, -0.2) is 0 Å². The van der Waals surface area contributed by atoms with Gasteiger partial charge in [-0.3, -0.25) is 4.79 Å². The first kappa shape index (κ1) is 15.1. The van der Waals surface area contributed by atoms with Gasteiger partial charge in [0.25, 0.3) is 5.91 Å². The van der Waals surface area contributed by atoms with E-state index in [-0.39, 0.29) is 5.91 Å². The molecule has 19 heavy (non-hydrogen) atoms. The van der Waals surface area contributed by atoms with Crippen molar-refractivity contribution in [1.82, 2.24) is 5.32 Å². The zero-order valence-electron chi connectivity index (χ0n) is 11.9. The molecule has 0 fully saturated rings. The summed E-state index contributed by atoms with van der Waals surface area (Å²) in [5.41, 5.74) is 0.391. The van der Waals surface area contributed by atoms with Gasteiger partial charge in [0.05, 0.1) is 21.3 Å². The second-order valence-corrected chi connectivity index (χ2v) is 4.02. The average Bonchev–Trinajstić information content (AvgIpc) is 2.45. The van der Waals surface area contributed by atoms with E-state index in [0.717, 1.165) is 12.8 Å². The van der Waals surface area contributed by atoms with Crippen molar-refractivity contribution in [2.75, 3.05) is 27.9 Å². The third-order valence-corrected chi connectivity index (χ3v) is 2.76. The fraction of sp³-hybridized carbons (Fsp3) is 0.500. The number of hydrogen-bond donors (Lipinski definition) is 1. The summed E-state index contributed by atoms with van der Waals surface area (Å²) < 4.78 is 15.6. The summed E-state index contributed by atoms with van der Waals surface area (Å²) in [5, 5.41) is 2.85. The van der Waals surface area contributed by atoms with Gasteiger partial charge < -0.3 is 19.5 Å². The highest BCUT2D eigenvalue weighted by molar-refractivity contribution is 6.00. The molecular weight excluding hydrogens is 246 g/mol. The number of carbonyl (C=O) groups excluding carboxylic acids is 1. The van der Waals surface area contributed by atoms with Crippen molar-refractivity contribution in [1.29, 1.82) is 0 Å². The molecular formula is C14H21NO4. The van der Waals surface area contributed by atoms with Gasteiger partial charge in [0.1, 0.15) is 22.8 Å². The van der Waals surface area contributed by atoms with E-state index >= 15 is 0 Å². The van der Waals surface area contributed by atoms with Crippen LogP contribution >= 0.6 is 0 Å². The van der Waals surface area contributed by atoms with Gasteiger partial charge in [-0.05, 0) is 6.42 Å². The summed E-state index contributed by atoms with van der Waals surface area (Å²) in [6.45, 7) is 2.70. The lowest BCUT2D eigenvalue weighted by atomic mass is 10.1. The summed E-state index contributed by atoms with van der Waals surface area (Å²) in [6.07, 6.45) is 1.96. The molecule has 0 atom stereocenters. The van der Waals surface area contributed by atoms with Crippen LogP contribution in [0.2, 0.25) is 0 Å². The lowest BCUT2D eigenvalue weighted by Crippen LogP contribution is -2.25. The van der Waals surface area contributed by atoms with E-state index in [4.69, 9.17) is 14.2 Å². The molecule has 5 heteroatoms. The molecule has 0 aliphatic heterocycles. The lowest BCUT2D eigenvalue weighted by molar-refractivity contribution is 0.0947. The molecule has 0 unspecified atom stereocenters. The van der Waals surface area contributed by atoms with Crippen LogP contribution < -0.4 is 19.5 Å². The number of rotatable bonds is 7. The number of unbranched alkanes of at least 4 members (excludes halogenated alkanes) is 1. The Kier molecular flexibility index (Phi) is 5.99. The molecule has 0 radical (unpaired) electrons. The number of benzene rings is 1. The monoisotopic (exact) mass is 267 g/mol. The molecule has 1 N–H and O–H groups in total. The standard InChI is InChI=1S/C14H21NO4/c1-5-6-7-15-14(16)13-11(18-3)8-10(17-2)9-12(13)19-4/h8-9H,5-7H2,1-4H3,(H,15,16). The van der Waals surface area contributed by atoms with Crippen LogP contribution in [0.5, 0.6) is 17.2 Å². The van der Waals surface area contributed by atoms with E-state index in [9.17, 15) is 4.79 Å². The van der Waals surface area contributed by atoms with Gasteiger partial charge >= 0.3 is 0 Å². The largest absolute Gasteiger partial charge is 0.496 e. The Labute approximate surface area is 113 Å². The first-order chi connectivity index (χ1) is 9.17. The van der Waals surface area contributed by atoms with Crippen LogP contribution in [0.15, 0.2) is 12.1 Å². The SMILES string of the molecule is CCCCNC(=O)c1c(OC)cc(OC)cc1OC. The normalized spacial score (nSPS) is 9.89. The van der Waals surface area contributed by atoms with Crippen LogP contribution in [0.1, 0.15) is 30.1 Å². The molecule has 1 aromatic rings. The van der Waals surface area contributed by atoms with Gasteiger partial charge in [0.2, 0.25) is 0 Å². The molecule has 106 valence electrons. The predicted octanol–water partition coefficient (Wildman–Crippen LogP) is 2.24. The number of amides is 1. The van der Waals surface area contributed by atoms with Crippen molar-refractivity contribution in [3.05, 3.63) is 17.7 Å². The molecule has 0 spiro atoms. The molecule has 0 aliphatic rings. The molecule has 5 nitrogen and oxygen atoms in total. The zero-order valence-corrected chi connectivity index (χ0v) is 11.9. The second-order valence-electron chi connectivity index (χ2n) is 4.02. The highest BCUT2D eigenvalue weighted by Crippen LogP contribution is 2.33. The quantitative estimate of drug-likeness (QED) is 0.770. The van der Waals surface area contributed by atoms with E-state index in [2.05, 4.69) is 12.2 Å². The van der Waals surface area contributed by atoms with E-state index in [0.29, 0.717) is 29.4 Å². The van der Waals surface area contributed by atoms with Crippen LogP contribution in [-0.4, -0.2) is 33.8 Å². The Hall–Kier alpha value is -1.91. The van der Waals surface area contributed by atoms with Crippen LogP contribution in [-0.2, 0) is 0 Å². The van der Waals surface area contributed by atoms with Crippen molar-refractivity contribution in [3.63, 3.8) is 0 Å². The number of hydrogen-bond acceptors (Lipinski definition) is 4. The Bertz CT molecular complexity index is 406. The summed E-state index contributed by atoms with van der Waals surface area (Å²) in [7, 11) is 4.57. The molecule has 0 saturated carbocycles. The lowest BCUT2D eigenvalue weighted by Gasteiger charge is -2.14. The number of nitrogens with one attached hydrogen (secondary N) is 1. The van der Waals surface area contributed by atoms with Crippen molar-refractivity contribution < 1.29 is 19.0 Å². The van der Waals surface area contributed by atoms with Crippen molar-refractivity contribution in [2.24, 2.45) is 0 Å². The van der Waals surface area contributed by atoms with Crippen molar-refractivity contribution in [3.8, 4) is 17.2 Å². The van der Waals surface area contributed by atoms with Crippen molar-refractivity contribution in [2.45, 2.75) is 19.8 Å². The van der Waals surface area contributed by atoms with Crippen LogP contribution in [0, 0.1) is 0 Å². The number of ether oxygens (including phenoxy) is 3. The Morgan fingerprint density at radius 3 is 2.11 bits per heavy atom. The molecule has 0 aromatic heterocycles. The number of carbonyl (C=O) groups is 1. The van der Waals surface area contributed by atoms with E-state index in [1.807, 2.05) is 0 Å². The van der Waals surface area contributed by atoms with E-state index < -0.39 is 0 Å². The Morgan fingerprint density at radius 2 is 1.68 bits per heavy atom. The topological polar surface area (TPSA) is 56.8 Å². The maximum Gasteiger partial charge on any atom is 0.258 e. The maximum absolute atomic E-state index is 12.2. The minimum atomic E-state index is -0.204. The Balaban J connectivity index is 3.05. The van der Waals surface area contributed by atoms with Crippen molar-refractivity contribution >= 4 is 5.91 Å². The summed E-state index contributed by atoms with van der Waals surface area (Å²) in [5.74, 6) is 1.25. The molecule has 1 aromatic carbocycles. The fourth-order valence-electron chi connectivity index (χ4n) is 1.70. The van der Waals surface area contributed by atoms with Gasteiger partial charge in [0, 0.05) is 18.7 Å². The van der Waals surface area contributed by atoms with Gasteiger partial charge in [-0.15, -0.1) is 0 Å². The van der Waals surface area contributed by atoms with Gasteiger partial charge in [-0.1, -0.05) is 13.3 Å². The van der Waals surface area contributed by atoms with Gasteiger partial charge in [0.15, 0.2) is 0 Å². The summed E-state index contributed by atoms with van der Waals surface area (Å²) in [6, 6.07) is 3.33. The fourth-order valence-corrected chi connectivity index (χ4v) is 1.70. The average molecular weight is 267 g/mol. The molecule has 0 aliphatic carbocycles. The number of methoxy groups -OCH3 is 3. The molecule has 1 rings (SSSR count). The van der Waals surface area contributed by atoms with Crippen LogP contribution in [0.3, 0.4) is 0 Å². The highest BCUT2D eigenvalue weighted by atomic mass is 16.5. The minimum absolute atomic E-state index is 0.204. The maximum atomic E-state index is 12.2. The van der Waals surface area contributed by atoms with Crippen LogP contribution in [0.25, 0.3) is 0 Å². The highest BCUT2D eigenvalue weighted by Gasteiger charge is 2.19. The summed E-state index contributed by atoms with van der Waals surface area (Å²) in [4.78, 5) is 12.2. The van der Waals surface area contributed by atoms with Gasteiger partial charge in [-0.2, -0.15) is 0 Å². The summed E-state index contributed by atoms with van der Waals surface area (Å²) >= 11 is 0. The first-order valence-electron chi connectivity index (χ1n) is 6.26. The third kappa shape index (κ3) is 3.77. The van der Waals surface area contributed by atoms with E-state index in [1.54, 1.807) is 19.2 Å². The molecule has 0 heterocycles. The molecule has 0 saturated heterocycles. The Morgan fingerprint density at radius 1 is 1.11 bits per heavy atom. The third-order valence-electron chi connectivity index (χ3n) is 2.76. The predicted molar refractivity (Wildman–Crippen MR) is 73.3 cm³/mol. The van der Waals surface area contributed by atoms with Crippen LogP contribution in [0.4, 0.5) is 0 Å². The smallest absolute Gasteiger partial charge is 0.258 e. The van der Waals surface area contributed by atoms with E-state index in [1.165, 1.54) is 14.2 Å². The molecule has 1 amide bonds.